The van der Waals surface area contributed by atoms with Gasteiger partial charge in [0.1, 0.15) is 5.82 Å². The average Bonchev–Trinajstić information content (AvgIpc) is 3.19. The third kappa shape index (κ3) is 2.80. The van der Waals surface area contributed by atoms with Crippen molar-refractivity contribution in [3.8, 4) is 0 Å². The Balaban J connectivity index is 1.86. The van der Waals surface area contributed by atoms with E-state index < -0.39 is 5.41 Å². The van der Waals surface area contributed by atoms with Crippen molar-refractivity contribution in [3.05, 3.63) is 58.0 Å². The Morgan fingerprint density at radius 3 is 2.50 bits per heavy atom. The molecule has 2 aromatic rings. The molecule has 0 spiro atoms. The van der Waals surface area contributed by atoms with Gasteiger partial charge in [-0.2, -0.15) is 0 Å². The number of halogens is 1. The summed E-state index contributed by atoms with van der Waals surface area (Å²) in [7, 11) is 1.87. The second kappa shape index (κ2) is 6.21. The fourth-order valence-electron chi connectivity index (χ4n) is 3.45. The minimum atomic E-state index is -0.473. The number of benzene rings is 1. The molecule has 1 aliphatic rings. The Labute approximate surface area is 134 Å². The fraction of sp³-hybridized carbons (Fsp3) is 0.389. The highest BCUT2D eigenvalue weighted by molar-refractivity contribution is 7.09. The molecule has 3 rings (SSSR count). The molecular formula is C18H20FNOS. The molecule has 1 saturated carbocycles. The zero-order valence-electron chi connectivity index (χ0n) is 12.7. The number of nitrogens with zero attached hydrogens (tertiary/aromatic N) is 1. The van der Waals surface area contributed by atoms with Crippen molar-refractivity contribution in [1.82, 2.24) is 4.90 Å². The summed E-state index contributed by atoms with van der Waals surface area (Å²) in [6.07, 6.45) is 3.81. The molecule has 1 amide bonds. The number of rotatable bonds is 4. The maximum Gasteiger partial charge on any atom is 0.233 e. The first-order valence-electron chi connectivity index (χ1n) is 7.66. The molecule has 0 aliphatic heterocycles. The van der Waals surface area contributed by atoms with E-state index in [1.54, 1.807) is 23.5 Å². The van der Waals surface area contributed by atoms with Gasteiger partial charge in [0.05, 0.1) is 12.0 Å². The first-order valence-corrected chi connectivity index (χ1v) is 8.54. The predicted molar refractivity (Wildman–Crippen MR) is 87.3 cm³/mol. The van der Waals surface area contributed by atoms with E-state index in [4.69, 9.17) is 0 Å². The second-order valence-electron chi connectivity index (χ2n) is 6.04. The van der Waals surface area contributed by atoms with Crippen LogP contribution in [0, 0.1) is 5.82 Å². The van der Waals surface area contributed by atoms with Gasteiger partial charge in [-0.1, -0.05) is 31.0 Å². The van der Waals surface area contributed by atoms with Crippen LogP contribution in [0.4, 0.5) is 4.39 Å². The molecule has 0 atom stereocenters. The Kier molecular flexibility index (Phi) is 4.30. The number of hydrogen-bond acceptors (Lipinski definition) is 2. The van der Waals surface area contributed by atoms with Crippen molar-refractivity contribution in [1.29, 1.82) is 0 Å². The van der Waals surface area contributed by atoms with Gasteiger partial charge in [-0.25, -0.2) is 4.39 Å². The van der Waals surface area contributed by atoms with E-state index in [0.29, 0.717) is 6.54 Å². The lowest BCUT2D eigenvalue weighted by Crippen LogP contribution is -2.43. The Morgan fingerprint density at radius 2 is 1.91 bits per heavy atom. The first kappa shape index (κ1) is 15.2. The molecular weight excluding hydrogens is 297 g/mol. The van der Waals surface area contributed by atoms with Gasteiger partial charge < -0.3 is 4.90 Å². The van der Waals surface area contributed by atoms with Crippen molar-refractivity contribution >= 4 is 17.2 Å². The van der Waals surface area contributed by atoms with Crippen molar-refractivity contribution in [3.63, 3.8) is 0 Å². The largest absolute Gasteiger partial charge is 0.340 e. The summed E-state index contributed by atoms with van der Waals surface area (Å²) in [5.74, 6) is -0.0960. The van der Waals surface area contributed by atoms with E-state index in [-0.39, 0.29) is 11.7 Å². The SMILES string of the molecule is CN(Cc1cccs1)C(=O)C1(c2ccc(F)cc2)CCCC1. The number of likely N-dealkylation sites (N-methyl/N-ethyl adjacent to an activating group) is 1. The summed E-state index contributed by atoms with van der Waals surface area (Å²) >= 11 is 1.66. The molecule has 2 nitrogen and oxygen atoms in total. The lowest BCUT2D eigenvalue weighted by molar-refractivity contribution is -0.136. The van der Waals surface area contributed by atoms with Crippen LogP contribution in [0.1, 0.15) is 36.1 Å². The van der Waals surface area contributed by atoms with Crippen LogP contribution in [0.2, 0.25) is 0 Å². The van der Waals surface area contributed by atoms with E-state index in [1.807, 2.05) is 29.5 Å². The number of carbonyl (C=O) groups excluding carboxylic acids is 1. The summed E-state index contributed by atoms with van der Waals surface area (Å²) in [5, 5.41) is 2.03. The predicted octanol–water partition coefficient (Wildman–Crippen LogP) is 4.36. The van der Waals surface area contributed by atoms with Crippen LogP contribution in [0.25, 0.3) is 0 Å². The van der Waals surface area contributed by atoms with E-state index in [1.165, 1.54) is 17.0 Å². The lowest BCUT2D eigenvalue weighted by Gasteiger charge is -2.33. The van der Waals surface area contributed by atoms with Crippen LogP contribution < -0.4 is 0 Å². The number of thiophene rings is 1. The summed E-state index contributed by atoms with van der Waals surface area (Å²) in [6.45, 7) is 0.638. The highest BCUT2D eigenvalue weighted by Crippen LogP contribution is 2.42. The summed E-state index contributed by atoms with van der Waals surface area (Å²) in [5.41, 5.74) is 0.481. The number of hydrogen-bond donors (Lipinski definition) is 0. The molecule has 0 unspecified atom stereocenters. The van der Waals surface area contributed by atoms with Crippen molar-refractivity contribution < 1.29 is 9.18 Å². The molecule has 22 heavy (non-hydrogen) atoms. The van der Waals surface area contributed by atoms with Crippen LogP contribution in [0.3, 0.4) is 0 Å². The van der Waals surface area contributed by atoms with Crippen LogP contribution >= 0.6 is 11.3 Å². The molecule has 0 bridgehead atoms. The Bertz CT molecular complexity index is 630. The molecule has 1 aliphatic carbocycles. The normalized spacial score (nSPS) is 16.6. The first-order chi connectivity index (χ1) is 10.6. The Morgan fingerprint density at radius 1 is 1.23 bits per heavy atom. The van der Waals surface area contributed by atoms with E-state index in [0.717, 1.165) is 31.2 Å². The zero-order chi connectivity index (χ0) is 15.6. The smallest absolute Gasteiger partial charge is 0.233 e. The van der Waals surface area contributed by atoms with E-state index in [2.05, 4.69) is 0 Å². The van der Waals surface area contributed by atoms with Crippen LogP contribution in [-0.4, -0.2) is 17.9 Å². The molecule has 116 valence electrons. The third-order valence-corrected chi connectivity index (χ3v) is 5.44. The van der Waals surface area contributed by atoms with Crippen molar-refractivity contribution in [2.24, 2.45) is 0 Å². The second-order valence-corrected chi connectivity index (χ2v) is 7.07. The number of carbonyl (C=O) groups is 1. The maximum atomic E-state index is 13.2. The van der Waals surface area contributed by atoms with Crippen LogP contribution in [0.5, 0.6) is 0 Å². The van der Waals surface area contributed by atoms with E-state index >= 15 is 0 Å². The monoisotopic (exact) mass is 317 g/mol. The van der Waals surface area contributed by atoms with Gasteiger partial charge in [0.2, 0.25) is 5.91 Å². The molecule has 1 aromatic heterocycles. The van der Waals surface area contributed by atoms with Gasteiger partial charge in [-0.3, -0.25) is 4.79 Å². The summed E-state index contributed by atoms with van der Waals surface area (Å²) in [4.78, 5) is 16.1. The molecule has 1 aromatic carbocycles. The molecule has 0 saturated heterocycles. The van der Waals surface area contributed by atoms with Crippen molar-refractivity contribution in [2.75, 3.05) is 7.05 Å². The van der Waals surface area contributed by atoms with Gasteiger partial charge in [0, 0.05) is 11.9 Å². The number of amides is 1. The van der Waals surface area contributed by atoms with Crippen molar-refractivity contribution in [2.45, 2.75) is 37.6 Å². The van der Waals surface area contributed by atoms with Gasteiger partial charge in [-0.05, 0) is 42.0 Å². The highest BCUT2D eigenvalue weighted by atomic mass is 32.1. The molecule has 4 heteroatoms. The highest BCUT2D eigenvalue weighted by Gasteiger charge is 2.44. The summed E-state index contributed by atoms with van der Waals surface area (Å²) in [6, 6.07) is 10.5. The summed E-state index contributed by atoms with van der Waals surface area (Å²) < 4.78 is 13.2. The third-order valence-electron chi connectivity index (χ3n) is 4.58. The molecule has 0 radical (unpaired) electrons. The minimum Gasteiger partial charge on any atom is -0.340 e. The lowest BCUT2D eigenvalue weighted by atomic mass is 9.77. The fourth-order valence-corrected chi connectivity index (χ4v) is 4.20. The zero-order valence-corrected chi connectivity index (χ0v) is 13.5. The van der Waals surface area contributed by atoms with Gasteiger partial charge in [0.25, 0.3) is 0 Å². The molecule has 1 fully saturated rings. The van der Waals surface area contributed by atoms with Gasteiger partial charge >= 0.3 is 0 Å². The van der Waals surface area contributed by atoms with Gasteiger partial charge in [0.15, 0.2) is 0 Å². The van der Waals surface area contributed by atoms with Crippen LogP contribution in [0.15, 0.2) is 41.8 Å². The standard InChI is InChI=1S/C18H20FNOS/c1-20(13-16-5-4-12-22-16)17(21)18(10-2-3-11-18)14-6-8-15(19)9-7-14/h4-9,12H,2-3,10-11,13H2,1H3. The topological polar surface area (TPSA) is 20.3 Å². The molecule has 1 heterocycles. The quantitative estimate of drug-likeness (QED) is 0.820. The van der Waals surface area contributed by atoms with Crippen LogP contribution in [-0.2, 0) is 16.8 Å². The van der Waals surface area contributed by atoms with E-state index in [9.17, 15) is 9.18 Å². The maximum absolute atomic E-state index is 13.2. The molecule has 0 N–H and O–H groups in total. The Hall–Kier alpha value is -1.68. The average molecular weight is 317 g/mol. The minimum absolute atomic E-state index is 0.157. The van der Waals surface area contributed by atoms with Gasteiger partial charge in [-0.15, -0.1) is 11.3 Å².